The molecule has 2 heterocycles. The van der Waals surface area contributed by atoms with Crippen LogP contribution < -0.4 is 5.32 Å². The van der Waals surface area contributed by atoms with Crippen molar-refractivity contribution in [2.45, 2.75) is 43.7 Å². The molecular weight excluding hydrogens is 328 g/mol. The van der Waals surface area contributed by atoms with E-state index in [-0.39, 0.29) is 17.3 Å². The van der Waals surface area contributed by atoms with Gasteiger partial charge in [-0.3, -0.25) is 4.79 Å². The number of hydrogen-bond donors (Lipinski definition) is 1. The Labute approximate surface area is 141 Å². The van der Waals surface area contributed by atoms with E-state index in [0.29, 0.717) is 5.56 Å². The quantitative estimate of drug-likeness (QED) is 0.900. The van der Waals surface area contributed by atoms with E-state index in [1.165, 1.54) is 18.6 Å². The molecule has 0 bridgehead atoms. The maximum absolute atomic E-state index is 12.3. The van der Waals surface area contributed by atoms with Gasteiger partial charge in [0, 0.05) is 24.8 Å². The lowest BCUT2D eigenvalue weighted by molar-refractivity contribution is 0.0949. The molecule has 0 aliphatic carbocycles. The van der Waals surface area contributed by atoms with E-state index < -0.39 is 9.84 Å². The van der Waals surface area contributed by atoms with Crippen molar-refractivity contribution < 1.29 is 13.2 Å². The second kappa shape index (κ2) is 6.72. The minimum absolute atomic E-state index is 0.131. The number of sulfone groups is 1. The first-order valence-corrected chi connectivity index (χ1v) is 9.83. The smallest absolute Gasteiger partial charge is 0.251 e. The molecule has 1 aliphatic rings. The number of aromatic nitrogens is 3. The maximum Gasteiger partial charge on any atom is 0.251 e. The molecule has 0 fully saturated rings. The lowest BCUT2D eigenvalue weighted by Crippen LogP contribution is -2.25. The molecular formula is C16H20N4O3S. The van der Waals surface area contributed by atoms with Crippen LogP contribution in [0, 0.1) is 0 Å². The van der Waals surface area contributed by atoms with Crippen molar-refractivity contribution in [1.82, 2.24) is 20.1 Å². The number of nitrogens with one attached hydrogen (secondary N) is 1. The fourth-order valence-corrected chi connectivity index (χ4v) is 3.47. The first-order chi connectivity index (χ1) is 11.4. The molecule has 1 aliphatic heterocycles. The van der Waals surface area contributed by atoms with Crippen LogP contribution in [-0.2, 0) is 29.3 Å². The number of hydrogen-bond acceptors (Lipinski definition) is 5. The zero-order valence-corrected chi connectivity index (χ0v) is 14.3. The predicted molar refractivity (Wildman–Crippen MR) is 88.3 cm³/mol. The summed E-state index contributed by atoms with van der Waals surface area (Å²) >= 11 is 0. The summed E-state index contributed by atoms with van der Waals surface area (Å²) in [6.45, 7) is 1.14. The van der Waals surface area contributed by atoms with Crippen LogP contribution in [0.1, 0.15) is 41.3 Å². The average Bonchev–Trinajstić information content (AvgIpc) is 2.78. The molecule has 8 heteroatoms. The lowest BCUT2D eigenvalue weighted by atomic mass is 10.2. The Balaban J connectivity index is 1.71. The molecule has 0 spiro atoms. The molecule has 7 nitrogen and oxygen atoms in total. The number of aryl methyl sites for hydroxylation is 1. The summed E-state index contributed by atoms with van der Waals surface area (Å²) in [5, 5.41) is 11.2. The third-order valence-electron chi connectivity index (χ3n) is 4.12. The zero-order chi connectivity index (χ0) is 17.2. The lowest BCUT2D eigenvalue weighted by Gasteiger charge is -2.09. The predicted octanol–water partition coefficient (Wildman–Crippen LogP) is 1.34. The molecule has 0 unspecified atom stereocenters. The number of fused-ring (bicyclic) bond motifs is 1. The zero-order valence-electron chi connectivity index (χ0n) is 13.5. The molecule has 1 aromatic carbocycles. The molecule has 1 amide bonds. The number of nitrogens with zero attached hydrogens (tertiary/aromatic N) is 3. The molecule has 3 rings (SSSR count). The fraction of sp³-hybridized carbons (Fsp3) is 0.438. The van der Waals surface area contributed by atoms with Crippen LogP contribution in [0.3, 0.4) is 0 Å². The first-order valence-electron chi connectivity index (χ1n) is 7.94. The highest BCUT2D eigenvalue weighted by Crippen LogP contribution is 2.15. The third kappa shape index (κ3) is 3.64. The van der Waals surface area contributed by atoms with Crippen LogP contribution in [0.5, 0.6) is 0 Å². The van der Waals surface area contributed by atoms with Crippen LogP contribution >= 0.6 is 0 Å². The van der Waals surface area contributed by atoms with Crippen molar-refractivity contribution in [1.29, 1.82) is 0 Å². The number of rotatable bonds is 4. The molecule has 1 aromatic heterocycles. The minimum Gasteiger partial charge on any atom is -0.345 e. The van der Waals surface area contributed by atoms with Gasteiger partial charge in [0.2, 0.25) is 0 Å². The van der Waals surface area contributed by atoms with E-state index in [1.54, 1.807) is 12.1 Å². The number of carbonyl (C=O) groups is 1. The number of carbonyl (C=O) groups excluding carboxylic acids is 1. The van der Waals surface area contributed by atoms with Gasteiger partial charge in [0.15, 0.2) is 15.7 Å². The summed E-state index contributed by atoms with van der Waals surface area (Å²) in [5.74, 6) is 1.38. The SMILES string of the molecule is CS(=O)(=O)c1cccc(C(=O)NCc2nnc3n2CCCCC3)c1. The standard InChI is InChI=1S/C16H20N4O3S/c1-24(22,23)13-7-5-6-12(10-13)16(21)17-11-15-19-18-14-8-3-2-4-9-20(14)15/h5-7,10H,2-4,8-9,11H2,1H3,(H,17,21). The Morgan fingerprint density at radius 1 is 1.25 bits per heavy atom. The minimum atomic E-state index is -3.34. The average molecular weight is 348 g/mol. The Morgan fingerprint density at radius 3 is 2.88 bits per heavy atom. The summed E-state index contributed by atoms with van der Waals surface area (Å²) in [7, 11) is -3.34. The second-order valence-electron chi connectivity index (χ2n) is 5.98. The van der Waals surface area contributed by atoms with E-state index >= 15 is 0 Å². The highest BCUT2D eigenvalue weighted by atomic mass is 32.2. The normalized spacial score (nSPS) is 14.7. The highest BCUT2D eigenvalue weighted by Gasteiger charge is 2.16. The van der Waals surface area contributed by atoms with Crippen molar-refractivity contribution >= 4 is 15.7 Å². The molecule has 0 radical (unpaired) electrons. The summed E-state index contributed by atoms with van der Waals surface area (Å²) in [6, 6.07) is 6.02. The highest BCUT2D eigenvalue weighted by molar-refractivity contribution is 7.90. The van der Waals surface area contributed by atoms with Gasteiger partial charge in [-0.25, -0.2) is 8.42 Å². The van der Waals surface area contributed by atoms with Crippen LogP contribution in [0.15, 0.2) is 29.2 Å². The van der Waals surface area contributed by atoms with Gasteiger partial charge in [-0.1, -0.05) is 12.5 Å². The molecule has 1 N–H and O–H groups in total. The van der Waals surface area contributed by atoms with E-state index in [1.807, 2.05) is 0 Å². The van der Waals surface area contributed by atoms with Gasteiger partial charge in [-0.2, -0.15) is 0 Å². The van der Waals surface area contributed by atoms with Gasteiger partial charge in [-0.05, 0) is 31.0 Å². The van der Waals surface area contributed by atoms with Gasteiger partial charge >= 0.3 is 0 Å². The summed E-state index contributed by atoms with van der Waals surface area (Å²) in [6.07, 6.45) is 5.41. The summed E-state index contributed by atoms with van der Waals surface area (Å²) < 4.78 is 25.3. The van der Waals surface area contributed by atoms with Crippen LogP contribution in [0.2, 0.25) is 0 Å². The fourth-order valence-electron chi connectivity index (χ4n) is 2.81. The van der Waals surface area contributed by atoms with Gasteiger partial charge in [-0.15, -0.1) is 10.2 Å². The van der Waals surface area contributed by atoms with Gasteiger partial charge in [0.1, 0.15) is 5.82 Å². The second-order valence-corrected chi connectivity index (χ2v) is 7.99. The van der Waals surface area contributed by atoms with Gasteiger partial charge in [0.05, 0.1) is 11.4 Å². The summed E-state index contributed by atoms with van der Waals surface area (Å²) in [5.41, 5.74) is 0.313. The van der Waals surface area contributed by atoms with Crippen molar-refractivity contribution in [3.63, 3.8) is 0 Å². The van der Waals surface area contributed by atoms with E-state index in [4.69, 9.17) is 0 Å². The van der Waals surface area contributed by atoms with Crippen LogP contribution in [0.25, 0.3) is 0 Å². The first kappa shape index (κ1) is 16.6. The maximum atomic E-state index is 12.3. The van der Waals surface area contributed by atoms with Crippen LogP contribution in [0.4, 0.5) is 0 Å². The topological polar surface area (TPSA) is 93.9 Å². The molecule has 128 valence electrons. The van der Waals surface area contributed by atoms with Gasteiger partial charge < -0.3 is 9.88 Å². The monoisotopic (exact) mass is 348 g/mol. The Hall–Kier alpha value is -2.22. The van der Waals surface area contributed by atoms with E-state index in [2.05, 4.69) is 20.1 Å². The van der Waals surface area contributed by atoms with E-state index in [9.17, 15) is 13.2 Å². The Kier molecular flexibility index (Phi) is 4.66. The molecule has 0 saturated heterocycles. The molecule has 0 atom stereocenters. The third-order valence-corrected chi connectivity index (χ3v) is 5.23. The van der Waals surface area contributed by atoms with Crippen molar-refractivity contribution in [3.8, 4) is 0 Å². The van der Waals surface area contributed by atoms with Gasteiger partial charge in [0.25, 0.3) is 5.91 Å². The van der Waals surface area contributed by atoms with Crippen molar-refractivity contribution in [3.05, 3.63) is 41.5 Å². The molecule has 2 aromatic rings. The van der Waals surface area contributed by atoms with Crippen molar-refractivity contribution in [2.24, 2.45) is 0 Å². The van der Waals surface area contributed by atoms with Crippen LogP contribution in [-0.4, -0.2) is 35.3 Å². The summed E-state index contributed by atoms with van der Waals surface area (Å²) in [4.78, 5) is 12.4. The largest absolute Gasteiger partial charge is 0.345 e. The number of benzene rings is 1. The Bertz CT molecular complexity index is 858. The number of amides is 1. The molecule has 24 heavy (non-hydrogen) atoms. The Morgan fingerprint density at radius 2 is 2.08 bits per heavy atom. The van der Waals surface area contributed by atoms with Crippen molar-refractivity contribution in [2.75, 3.05) is 6.26 Å². The molecule has 0 saturated carbocycles. The van der Waals surface area contributed by atoms with E-state index in [0.717, 1.165) is 43.7 Å².